The highest BCUT2D eigenvalue weighted by Gasteiger charge is 2.41. The zero-order chi connectivity index (χ0) is 13.3. The number of carbonyl (C=O) groups is 1. The van der Waals surface area contributed by atoms with E-state index in [9.17, 15) is 4.79 Å². The molecule has 3 N–H and O–H groups in total. The number of nitrogens with two attached hydrogens (primary N) is 1. The van der Waals surface area contributed by atoms with Crippen LogP contribution in [0.25, 0.3) is 0 Å². The highest BCUT2D eigenvalue weighted by Crippen LogP contribution is 2.39. The number of aryl methyl sites for hydroxylation is 1. The number of hydrogen-bond donors (Lipinski definition) is 2. The van der Waals surface area contributed by atoms with Crippen LogP contribution in [0.5, 0.6) is 0 Å². The van der Waals surface area contributed by atoms with Crippen molar-refractivity contribution in [3.05, 3.63) is 33.8 Å². The van der Waals surface area contributed by atoms with Gasteiger partial charge in [0.1, 0.15) is 0 Å². The van der Waals surface area contributed by atoms with Crippen LogP contribution in [0.1, 0.15) is 35.7 Å². The Labute approximate surface area is 128 Å². The first kappa shape index (κ1) is 16.5. The minimum atomic E-state index is -0.276. The monoisotopic (exact) mass is 346 g/mol. The first-order chi connectivity index (χ1) is 8.46. The molecule has 0 bridgehead atoms. The van der Waals surface area contributed by atoms with Crippen LogP contribution in [0.3, 0.4) is 0 Å². The zero-order valence-electron chi connectivity index (χ0n) is 11.2. The molecule has 19 heavy (non-hydrogen) atoms. The van der Waals surface area contributed by atoms with Gasteiger partial charge in [0.2, 0.25) is 0 Å². The molecule has 1 aliphatic carbocycles. The maximum atomic E-state index is 12.3. The molecule has 0 saturated heterocycles. The number of carbonyl (C=O) groups excluding carboxylic acids is 1. The molecule has 3 nitrogen and oxygen atoms in total. The Morgan fingerprint density at radius 3 is 2.63 bits per heavy atom. The van der Waals surface area contributed by atoms with Gasteiger partial charge in [-0.1, -0.05) is 6.07 Å². The minimum Gasteiger partial charge on any atom is -0.345 e. The molecule has 1 unspecified atom stereocenters. The van der Waals surface area contributed by atoms with E-state index in [0.29, 0.717) is 18.0 Å². The largest absolute Gasteiger partial charge is 0.345 e. The van der Waals surface area contributed by atoms with Crippen molar-refractivity contribution >= 4 is 34.2 Å². The number of hydrogen-bond acceptors (Lipinski definition) is 2. The van der Waals surface area contributed by atoms with E-state index in [1.807, 2.05) is 32.0 Å². The van der Waals surface area contributed by atoms with Gasteiger partial charge in [0.05, 0.1) is 11.1 Å². The quantitative estimate of drug-likeness (QED) is 0.879. The van der Waals surface area contributed by atoms with Crippen LogP contribution >= 0.6 is 28.3 Å². The first-order valence-corrected chi connectivity index (χ1v) is 7.04. The maximum absolute atomic E-state index is 12.3. The molecule has 5 heteroatoms. The van der Waals surface area contributed by atoms with Gasteiger partial charge < -0.3 is 11.1 Å². The van der Waals surface area contributed by atoms with Crippen LogP contribution in [-0.2, 0) is 0 Å². The Balaban J connectivity index is 0.00000180. The third-order valence-corrected chi connectivity index (χ3v) is 4.33. The average Bonchev–Trinajstić information content (AvgIpc) is 3.12. The van der Waals surface area contributed by atoms with Crippen LogP contribution in [-0.4, -0.2) is 18.0 Å². The van der Waals surface area contributed by atoms with E-state index in [1.165, 1.54) is 0 Å². The Morgan fingerprint density at radius 2 is 2.16 bits per heavy atom. The summed E-state index contributed by atoms with van der Waals surface area (Å²) in [5.41, 5.74) is 7.33. The fourth-order valence-electron chi connectivity index (χ4n) is 2.17. The van der Waals surface area contributed by atoms with Crippen LogP contribution in [0.4, 0.5) is 0 Å². The third kappa shape index (κ3) is 3.71. The van der Waals surface area contributed by atoms with E-state index in [0.717, 1.165) is 22.9 Å². The molecule has 1 saturated carbocycles. The van der Waals surface area contributed by atoms with Gasteiger partial charge in [-0.05, 0) is 66.2 Å². The van der Waals surface area contributed by atoms with Crippen molar-refractivity contribution in [2.24, 2.45) is 11.7 Å². The van der Waals surface area contributed by atoms with Gasteiger partial charge in [0.15, 0.2) is 0 Å². The smallest absolute Gasteiger partial charge is 0.252 e. The number of halogens is 2. The molecule has 106 valence electrons. The van der Waals surface area contributed by atoms with Gasteiger partial charge in [-0.3, -0.25) is 4.79 Å². The topological polar surface area (TPSA) is 55.1 Å². The van der Waals surface area contributed by atoms with Crippen LogP contribution in [0, 0.1) is 12.8 Å². The number of benzene rings is 1. The van der Waals surface area contributed by atoms with Crippen molar-refractivity contribution < 1.29 is 4.79 Å². The molecule has 1 aromatic carbocycles. The van der Waals surface area contributed by atoms with Crippen molar-refractivity contribution in [2.75, 3.05) is 6.54 Å². The van der Waals surface area contributed by atoms with Crippen LogP contribution in [0.2, 0.25) is 0 Å². The second-order valence-corrected chi connectivity index (χ2v) is 6.19. The van der Waals surface area contributed by atoms with Gasteiger partial charge in [-0.15, -0.1) is 12.4 Å². The molecular weight excluding hydrogens is 328 g/mol. The molecule has 0 aromatic heterocycles. The van der Waals surface area contributed by atoms with Crippen molar-refractivity contribution in [3.63, 3.8) is 0 Å². The van der Waals surface area contributed by atoms with E-state index >= 15 is 0 Å². The lowest BCUT2D eigenvalue weighted by atomic mass is 9.95. The summed E-state index contributed by atoms with van der Waals surface area (Å²) in [4.78, 5) is 12.3. The highest BCUT2D eigenvalue weighted by atomic mass is 79.9. The predicted octanol–water partition coefficient (Wildman–Crippen LogP) is 3.04. The number of nitrogens with one attached hydrogen (secondary N) is 1. The predicted molar refractivity (Wildman–Crippen MR) is 83.8 cm³/mol. The number of amides is 1. The van der Waals surface area contributed by atoms with Gasteiger partial charge >= 0.3 is 0 Å². The summed E-state index contributed by atoms with van der Waals surface area (Å²) in [6.07, 6.45) is 2.31. The standard InChI is InChI=1S/C14H19BrN2O.ClH/c1-9-3-6-11(12(15)7-9)13(18)17-14(2,8-16)10-4-5-10;/h3,6-7,10H,4-5,8,16H2,1-2H3,(H,17,18);1H. The summed E-state index contributed by atoms with van der Waals surface area (Å²) >= 11 is 3.44. The second-order valence-electron chi connectivity index (χ2n) is 5.33. The molecule has 0 aliphatic heterocycles. The summed E-state index contributed by atoms with van der Waals surface area (Å²) in [6, 6.07) is 5.74. The lowest BCUT2D eigenvalue weighted by Crippen LogP contribution is -2.53. The molecule has 1 fully saturated rings. The van der Waals surface area contributed by atoms with E-state index in [1.54, 1.807) is 0 Å². The normalized spacial score (nSPS) is 17.3. The summed E-state index contributed by atoms with van der Waals surface area (Å²) < 4.78 is 0.829. The Kier molecular flexibility index (Phi) is 5.42. The summed E-state index contributed by atoms with van der Waals surface area (Å²) in [7, 11) is 0. The van der Waals surface area contributed by atoms with Gasteiger partial charge in [0.25, 0.3) is 5.91 Å². The molecule has 1 amide bonds. The maximum Gasteiger partial charge on any atom is 0.252 e. The fourth-order valence-corrected chi connectivity index (χ4v) is 2.84. The lowest BCUT2D eigenvalue weighted by Gasteiger charge is -2.29. The lowest BCUT2D eigenvalue weighted by molar-refractivity contribution is 0.0897. The van der Waals surface area contributed by atoms with E-state index in [2.05, 4.69) is 21.2 Å². The highest BCUT2D eigenvalue weighted by molar-refractivity contribution is 9.10. The first-order valence-electron chi connectivity index (χ1n) is 6.25. The molecule has 1 aliphatic rings. The van der Waals surface area contributed by atoms with Crippen molar-refractivity contribution in [1.29, 1.82) is 0 Å². The Morgan fingerprint density at radius 1 is 1.53 bits per heavy atom. The molecule has 0 spiro atoms. The van der Waals surface area contributed by atoms with E-state index < -0.39 is 0 Å². The molecule has 0 radical (unpaired) electrons. The third-order valence-electron chi connectivity index (χ3n) is 3.67. The van der Waals surface area contributed by atoms with Gasteiger partial charge in [-0.2, -0.15) is 0 Å². The zero-order valence-corrected chi connectivity index (χ0v) is 13.6. The molecule has 1 aromatic rings. The van der Waals surface area contributed by atoms with Crippen LogP contribution in [0.15, 0.2) is 22.7 Å². The van der Waals surface area contributed by atoms with Crippen molar-refractivity contribution in [3.8, 4) is 0 Å². The average molecular weight is 348 g/mol. The molecular formula is C14H20BrClN2O. The molecule has 0 heterocycles. The summed E-state index contributed by atoms with van der Waals surface area (Å²) in [5, 5.41) is 3.09. The van der Waals surface area contributed by atoms with Gasteiger partial charge in [0, 0.05) is 11.0 Å². The van der Waals surface area contributed by atoms with E-state index in [4.69, 9.17) is 5.73 Å². The molecule has 1 atom stereocenters. The molecule has 2 rings (SSSR count). The van der Waals surface area contributed by atoms with Crippen molar-refractivity contribution in [2.45, 2.75) is 32.2 Å². The minimum absolute atomic E-state index is 0. The Bertz CT molecular complexity index is 477. The Hall–Kier alpha value is -0.580. The van der Waals surface area contributed by atoms with Gasteiger partial charge in [-0.25, -0.2) is 0 Å². The van der Waals surface area contributed by atoms with Crippen molar-refractivity contribution in [1.82, 2.24) is 5.32 Å². The van der Waals surface area contributed by atoms with Crippen LogP contribution < -0.4 is 11.1 Å². The van der Waals surface area contributed by atoms with E-state index in [-0.39, 0.29) is 23.9 Å². The fraction of sp³-hybridized carbons (Fsp3) is 0.500. The SMILES string of the molecule is Cc1ccc(C(=O)NC(C)(CN)C2CC2)c(Br)c1.Cl. The second kappa shape index (κ2) is 6.25. The summed E-state index contributed by atoms with van der Waals surface area (Å²) in [5.74, 6) is 0.470. The number of rotatable bonds is 4. The summed E-state index contributed by atoms with van der Waals surface area (Å²) in [6.45, 7) is 4.51.